The Balaban J connectivity index is 0.00000312. The number of aliphatic hydroxyl groups is 1. The van der Waals surface area contributed by atoms with Gasteiger partial charge in [-0.2, -0.15) is 0 Å². The Morgan fingerprint density at radius 2 is 2.04 bits per heavy atom. The van der Waals surface area contributed by atoms with Crippen LogP contribution in [0.5, 0.6) is 0 Å². The van der Waals surface area contributed by atoms with Gasteiger partial charge in [0, 0.05) is 45.2 Å². The van der Waals surface area contributed by atoms with E-state index in [1.54, 1.807) is 13.8 Å². The molecular weight excluding hydrogens is 496 g/mol. The molecule has 0 fully saturated rings. The summed E-state index contributed by atoms with van der Waals surface area (Å²) in [6, 6.07) is 7.63. The van der Waals surface area contributed by atoms with Gasteiger partial charge < -0.3 is 25.5 Å². The maximum absolute atomic E-state index is 10.3. The minimum absolute atomic E-state index is 0. The van der Waals surface area contributed by atoms with Crippen molar-refractivity contribution in [3.8, 4) is 0 Å². The van der Waals surface area contributed by atoms with Crippen LogP contribution in [0.1, 0.15) is 20.8 Å². The minimum Gasteiger partial charge on any atom is -0.480 e. The molecule has 139 valence electrons. The van der Waals surface area contributed by atoms with Crippen molar-refractivity contribution in [2.24, 2.45) is 4.99 Å². The first-order valence-corrected chi connectivity index (χ1v) is 8.03. The summed E-state index contributed by atoms with van der Waals surface area (Å²) in [6.45, 7) is 11.2. The van der Waals surface area contributed by atoms with Crippen molar-refractivity contribution in [1.29, 1.82) is 0 Å². The van der Waals surface area contributed by atoms with Crippen LogP contribution in [0.25, 0.3) is 16.6 Å². The number of aliphatic imine (C=N–C) groups is 1. The van der Waals surface area contributed by atoms with Gasteiger partial charge in [-0.05, 0) is 38.8 Å². The number of para-hydroxylation sites is 1. The molecule has 0 bridgehead atoms. The van der Waals surface area contributed by atoms with Crippen molar-refractivity contribution in [3.63, 3.8) is 0 Å². The quantitative estimate of drug-likeness (QED) is 0.423. The average molecular weight is 522 g/mol. The minimum atomic E-state index is -0.906. The van der Waals surface area contributed by atoms with Crippen LogP contribution in [-0.4, -0.2) is 48.7 Å². The molecule has 2 rings (SSSR count). The Labute approximate surface area is 162 Å². The van der Waals surface area contributed by atoms with Crippen LogP contribution in [0.15, 0.2) is 29.3 Å². The van der Waals surface area contributed by atoms with E-state index in [-0.39, 0.29) is 25.9 Å². The van der Waals surface area contributed by atoms with Crippen LogP contribution < -0.4 is 4.90 Å². The summed E-state index contributed by atoms with van der Waals surface area (Å²) in [7, 11) is 0. The number of hydrogen-bond donors (Lipinski definition) is 1. The van der Waals surface area contributed by atoms with E-state index in [1.165, 1.54) is 0 Å². The van der Waals surface area contributed by atoms with Crippen molar-refractivity contribution < 1.29 is 29.9 Å². The molecule has 1 aromatic heterocycles. The van der Waals surface area contributed by atoms with E-state index in [4.69, 9.17) is 10.5 Å². The molecule has 7 heteroatoms. The Hall–Kier alpha value is -1.53. The van der Waals surface area contributed by atoms with E-state index >= 15 is 0 Å². The monoisotopic (exact) mass is 522 g/mol. The number of anilines is 1. The number of benzene rings is 1. The molecule has 2 aromatic rings. The molecule has 0 unspecified atom stereocenters. The maximum Gasteiger partial charge on any atom is 0.0848 e. The number of ether oxygens (including phenoxy) is 1. The van der Waals surface area contributed by atoms with Crippen LogP contribution in [0.4, 0.5) is 17.2 Å². The van der Waals surface area contributed by atoms with Gasteiger partial charge in [0.1, 0.15) is 0 Å². The molecule has 0 spiro atoms. The first kappa shape index (κ1) is 21.5. The molecule has 1 radical (unpaired) electrons. The molecule has 0 aliphatic heterocycles. The molecule has 0 amide bonds. The predicted octanol–water partition coefficient (Wildman–Crippen LogP) is 3.86. The topological polar surface area (TPSA) is 81.8 Å². The molecule has 0 saturated carbocycles. The Morgan fingerprint density at radius 1 is 1.36 bits per heavy atom. The van der Waals surface area contributed by atoms with E-state index < -0.39 is 5.60 Å². The van der Waals surface area contributed by atoms with Crippen molar-refractivity contribution in [1.82, 2.24) is 4.98 Å². The predicted molar refractivity (Wildman–Crippen MR) is 99.9 cm³/mol. The van der Waals surface area contributed by atoms with Gasteiger partial charge in [-0.1, -0.05) is 24.3 Å². The largest absolute Gasteiger partial charge is 0.480 e. The summed E-state index contributed by atoms with van der Waals surface area (Å²) in [5.41, 5.74) is 9.18. The zero-order valence-electron chi connectivity index (χ0n) is 14.9. The first-order valence-electron chi connectivity index (χ1n) is 8.03. The standard InChI is InChI=1S/C18H25N4O2.Ir/c1-5-24-11-10-22(12-18(2,3)23)16-13-8-6-7-9-14(13)21-17(19)15(16)20-4;/h6-9,23H,4-5,10-12H2,1-3H3,(H-,19,21);/q-1;. The van der Waals surface area contributed by atoms with E-state index in [9.17, 15) is 5.11 Å². The van der Waals surface area contributed by atoms with Gasteiger partial charge in [-0.15, -0.1) is 0 Å². The molecular formula is C18H25IrN4O2-. The van der Waals surface area contributed by atoms with E-state index in [0.717, 1.165) is 16.6 Å². The van der Waals surface area contributed by atoms with Crippen LogP contribution in [-0.2, 0) is 24.8 Å². The van der Waals surface area contributed by atoms with Crippen LogP contribution >= 0.6 is 0 Å². The molecule has 6 nitrogen and oxygen atoms in total. The van der Waals surface area contributed by atoms with E-state index in [1.807, 2.05) is 36.1 Å². The number of aromatic nitrogens is 1. The molecule has 0 saturated heterocycles. The average Bonchev–Trinajstić information content (AvgIpc) is 2.51. The summed E-state index contributed by atoms with van der Waals surface area (Å²) in [6.07, 6.45) is 0. The molecule has 25 heavy (non-hydrogen) atoms. The second-order valence-electron chi connectivity index (χ2n) is 6.26. The zero-order valence-corrected chi connectivity index (χ0v) is 17.3. The smallest absolute Gasteiger partial charge is 0.0848 e. The number of hydrogen-bond acceptors (Lipinski definition) is 5. The third-order valence-electron chi connectivity index (χ3n) is 3.60. The summed E-state index contributed by atoms with van der Waals surface area (Å²) in [5.74, 6) is 0.0795. The first-order chi connectivity index (χ1) is 11.4. The molecule has 1 heterocycles. The van der Waals surface area contributed by atoms with Crippen molar-refractivity contribution >= 4 is 34.8 Å². The third-order valence-corrected chi connectivity index (χ3v) is 3.60. The number of nitrogens with zero attached hydrogens (tertiary/aromatic N) is 3. The van der Waals surface area contributed by atoms with Crippen molar-refractivity contribution in [2.75, 3.05) is 31.2 Å². The molecule has 2 N–H and O–H groups in total. The van der Waals surface area contributed by atoms with Crippen molar-refractivity contribution in [2.45, 2.75) is 26.4 Å². The van der Waals surface area contributed by atoms with Crippen LogP contribution in [0.3, 0.4) is 0 Å². The SMILES string of the molecule is C=Nc1c([NH-])nc2ccccc2c1N(CCOCC)CC(C)(C)O.[Ir]. The number of rotatable bonds is 8. The van der Waals surface area contributed by atoms with Gasteiger partial charge in [0.15, 0.2) is 0 Å². The fraction of sp³-hybridized carbons (Fsp3) is 0.444. The number of fused-ring (bicyclic) bond motifs is 1. The third kappa shape index (κ3) is 5.47. The van der Waals surface area contributed by atoms with E-state index in [2.05, 4.69) is 16.7 Å². The summed E-state index contributed by atoms with van der Waals surface area (Å²) in [4.78, 5) is 10.3. The fourth-order valence-corrected chi connectivity index (χ4v) is 2.71. The van der Waals surface area contributed by atoms with Gasteiger partial charge in [-0.25, -0.2) is 0 Å². The van der Waals surface area contributed by atoms with Gasteiger partial charge >= 0.3 is 0 Å². The maximum atomic E-state index is 10.3. The second kappa shape index (κ2) is 9.25. The van der Waals surface area contributed by atoms with Crippen molar-refractivity contribution in [3.05, 3.63) is 30.0 Å². The summed E-state index contributed by atoms with van der Waals surface area (Å²) in [5, 5.41) is 11.2. The Morgan fingerprint density at radius 3 is 2.64 bits per heavy atom. The molecule has 0 aliphatic rings. The Bertz CT molecular complexity index is 716. The number of nitrogens with one attached hydrogen (secondary N) is 1. The number of pyridine rings is 1. The van der Waals surface area contributed by atoms with Crippen LogP contribution in [0.2, 0.25) is 0 Å². The second-order valence-corrected chi connectivity index (χ2v) is 6.26. The van der Waals surface area contributed by atoms with Gasteiger partial charge in [0.2, 0.25) is 0 Å². The summed E-state index contributed by atoms with van der Waals surface area (Å²) < 4.78 is 5.48. The van der Waals surface area contributed by atoms with Gasteiger partial charge in [0.05, 0.1) is 23.6 Å². The van der Waals surface area contributed by atoms with Crippen LogP contribution in [0, 0.1) is 0 Å². The molecule has 0 aliphatic carbocycles. The fourth-order valence-electron chi connectivity index (χ4n) is 2.71. The van der Waals surface area contributed by atoms with Gasteiger partial charge in [0.25, 0.3) is 0 Å². The normalized spacial score (nSPS) is 11.2. The summed E-state index contributed by atoms with van der Waals surface area (Å²) >= 11 is 0. The molecule has 0 atom stereocenters. The molecule has 1 aromatic carbocycles. The van der Waals surface area contributed by atoms with Gasteiger partial charge in [-0.3, -0.25) is 4.99 Å². The zero-order chi connectivity index (χ0) is 17.7. The van der Waals surface area contributed by atoms with E-state index in [0.29, 0.717) is 32.0 Å². The Kier molecular flexibility index (Phi) is 7.96.